The predicted molar refractivity (Wildman–Crippen MR) is 94.1 cm³/mol. The molecule has 2 amide bonds. The number of piperidine rings is 1. The minimum atomic E-state index is -0.463. The summed E-state index contributed by atoms with van der Waals surface area (Å²) in [6, 6.07) is 5.67. The monoisotopic (exact) mass is 357 g/mol. The van der Waals surface area contributed by atoms with Crippen LogP contribution in [0.25, 0.3) is 0 Å². The molecule has 1 fully saturated rings. The summed E-state index contributed by atoms with van der Waals surface area (Å²) in [7, 11) is 0. The van der Waals surface area contributed by atoms with E-state index >= 15 is 0 Å². The standard InChI is InChI=1S/C18H19N3O3S/c1-12-2-3-15-13(8-12)16(22)19-10-18(24-15)4-6-21(7-5-18)17(23)14-9-25-11-20-14/h2-3,8-9,11H,4-7,10H2,1H3,(H,19,22). The number of hydrogen-bond acceptors (Lipinski definition) is 5. The number of nitrogens with zero attached hydrogens (tertiary/aromatic N) is 2. The number of likely N-dealkylation sites (tertiary alicyclic amines) is 1. The van der Waals surface area contributed by atoms with Gasteiger partial charge in [-0.25, -0.2) is 4.98 Å². The molecule has 0 radical (unpaired) electrons. The molecular formula is C18H19N3O3S. The van der Waals surface area contributed by atoms with Crippen LogP contribution in [0.15, 0.2) is 29.1 Å². The van der Waals surface area contributed by atoms with Gasteiger partial charge in [-0.3, -0.25) is 9.59 Å². The summed E-state index contributed by atoms with van der Waals surface area (Å²) in [5.41, 5.74) is 3.31. The highest BCUT2D eigenvalue weighted by Crippen LogP contribution is 2.33. The Morgan fingerprint density at radius 1 is 1.36 bits per heavy atom. The van der Waals surface area contributed by atoms with E-state index < -0.39 is 5.60 Å². The van der Waals surface area contributed by atoms with E-state index in [1.165, 1.54) is 11.3 Å². The lowest BCUT2D eigenvalue weighted by molar-refractivity contribution is 0.00754. The molecule has 4 rings (SSSR count). The Bertz CT molecular complexity index is 811. The third-order valence-electron chi connectivity index (χ3n) is 4.89. The lowest BCUT2D eigenvalue weighted by Crippen LogP contribution is -2.54. The molecule has 2 aromatic rings. The molecule has 1 aromatic carbocycles. The number of hydrogen-bond donors (Lipinski definition) is 1. The van der Waals surface area contributed by atoms with Crippen LogP contribution >= 0.6 is 11.3 Å². The maximum Gasteiger partial charge on any atom is 0.273 e. The summed E-state index contributed by atoms with van der Waals surface area (Å²) in [6.45, 7) is 3.59. The summed E-state index contributed by atoms with van der Waals surface area (Å²) in [5.74, 6) is 0.487. The summed E-state index contributed by atoms with van der Waals surface area (Å²) in [5, 5.41) is 4.75. The van der Waals surface area contributed by atoms with Crippen molar-refractivity contribution in [2.24, 2.45) is 0 Å². The topological polar surface area (TPSA) is 71.5 Å². The average molecular weight is 357 g/mol. The third-order valence-corrected chi connectivity index (χ3v) is 5.48. The zero-order chi connectivity index (χ0) is 17.4. The molecule has 25 heavy (non-hydrogen) atoms. The average Bonchev–Trinajstić information content (AvgIpc) is 3.12. The van der Waals surface area contributed by atoms with Crippen LogP contribution in [-0.2, 0) is 0 Å². The second kappa shape index (κ2) is 6.15. The first kappa shape index (κ1) is 16.1. The van der Waals surface area contributed by atoms with E-state index in [2.05, 4.69) is 10.3 Å². The van der Waals surface area contributed by atoms with Gasteiger partial charge in [0.15, 0.2) is 0 Å². The first-order valence-corrected chi connectivity index (χ1v) is 9.26. The van der Waals surface area contributed by atoms with E-state index in [0.29, 0.717) is 49.5 Å². The molecule has 1 N–H and O–H groups in total. The van der Waals surface area contributed by atoms with E-state index in [1.807, 2.05) is 30.0 Å². The molecule has 0 bridgehead atoms. The lowest BCUT2D eigenvalue weighted by Gasteiger charge is -2.40. The fourth-order valence-electron chi connectivity index (χ4n) is 3.39. The van der Waals surface area contributed by atoms with Gasteiger partial charge in [0, 0.05) is 31.3 Å². The molecule has 0 unspecified atom stereocenters. The quantitative estimate of drug-likeness (QED) is 0.850. The van der Waals surface area contributed by atoms with Crippen molar-refractivity contribution >= 4 is 23.2 Å². The zero-order valence-corrected chi connectivity index (χ0v) is 14.8. The Morgan fingerprint density at radius 3 is 2.88 bits per heavy atom. The van der Waals surface area contributed by atoms with E-state index in [1.54, 1.807) is 10.9 Å². The van der Waals surface area contributed by atoms with E-state index in [9.17, 15) is 9.59 Å². The van der Waals surface area contributed by atoms with Gasteiger partial charge in [0.25, 0.3) is 11.8 Å². The second-order valence-electron chi connectivity index (χ2n) is 6.63. The molecule has 1 saturated heterocycles. The van der Waals surface area contributed by atoms with Crippen molar-refractivity contribution in [2.75, 3.05) is 19.6 Å². The van der Waals surface area contributed by atoms with Gasteiger partial charge >= 0.3 is 0 Å². The van der Waals surface area contributed by atoms with Crippen LogP contribution in [0.4, 0.5) is 0 Å². The number of benzene rings is 1. The van der Waals surface area contributed by atoms with Gasteiger partial charge in [-0.05, 0) is 19.1 Å². The molecular weight excluding hydrogens is 338 g/mol. The summed E-state index contributed by atoms with van der Waals surface area (Å²) < 4.78 is 6.29. The first-order chi connectivity index (χ1) is 12.1. The minimum absolute atomic E-state index is 0.0372. The van der Waals surface area contributed by atoms with E-state index in [0.717, 1.165) is 5.56 Å². The zero-order valence-electron chi connectivity index (χ0n) is 13.9. The van der Waals surface area contributed by atoms with E-state index in [4.69, 9.17) is 4.74 Å². The Kier molecular flexibility index (Phi) is 3.95. The van der Waals surface area contributed by atoms with Crippen LogP contribution in [0.2, 0.25) is 0 Å². The Hall–Kier alpha value is -2.41. The normalized spacial score (nSPS) is 18.9. The van der Waals surface area contributed by atoms with Gasteiger partial charge < -0.3 is 15.0 Å². The maximum absolute atomic E-state index is 12.4. The number of carbonyl (C=O) groups is 2. The number of thiazole rings is 1. The molecule has 1 spiro atoms. The molecule has 2 aliphatic heterocycles. The minimum Gasteiger partial charge on any atom is -0.484 e. The van der Waals surface area contributed by atoms with Crippen molar-refractivity contribution in [3.8, 4) is 5.75 Å². The van der Waals surface area contributed by atoms with Crippen molar-refractivity contribution < 1.29 is 14.3 Å². The second-order valence-corrected chi connectivity index (χ2v) is 7.35. The van der Waals surface area contributed by atoms with Gasteiger partial charge in [-0.15, -0.1) is 11.3 Å². The molecule has 3 heterocycles. The van der Waals surface area contributed by atoms with Crippen molar-refractivity contribution in [3.63, 3.8) is 0 Å². The Labute approximate surface area is 149 Å². The van der Waals surface area contributed by atoms with Crippen LogP contribution in [0, 0.1) is 6.92 Å². The van der Waals surface area contributed by atoms with Crippen LogP contribution < -0.4 is 10.1 Å². The summed E-state index contributed by atoms with van der Waals surface area (Å²) >= 11 is 1.42. The lowest BCUT2D eigenvalue weighted by atomic mass is 9.90. The van der Waals surface area contributed by atoms with Crippen molar-refractivity contribution in [3.05, 3.63) is 45.9 Å². The van der Waals surface area contributed by atoms with Crippen molar-refractivity contribution in [1.29, 1.82) is 0 Å². The third kappa shape index (κ3) is 3.00. The molecule has 2 aliphatic rings. The van der Waals surface area contributed by atoms with Crippen LogP contribution in [0.5, 0.6) is 5.75 Å². The van der Waals surface area contributed by atoms with Crippen LogP contribution in [-0.4, -0.2) is 46.9 Å². The van der Waals surface area contributed by atoms with Gasteiger partial charge in [-0.2, -0.15) is 0 Å². The summed E-state index contributed by atoms with van der Waals surface area (Å²) in [4.78, 5) is 30.7. The number of aryl methyl sites for hydroxylation is 1. The molecule has 0 atom stereocenters. The number of amides is 2. The van der Waals surface area contributed by atoms with Crippen LogP contribution in [0.1, 0.15) is 39.3 Å². The number of nitrogens with one attached hydrogen (secondary N) is 1. The number of fused-ring (bicyclic) bond motifs is 1. The fraction of sp³-hybridized carbons (Fsp3) is 0.389. The molecule has 6 nitrogen and oxygen atoms in total. The largest absolute Gasteiger partial charge is 0.484 e. The van der Waals surface area contributed by atoms with Crippen LogP contribution in [0.3, 0.4) is 0 Å². The van der Waals surface area contributed by atoms with Gasteiger partial charge in [-0.1, -0.05) is 11.6 Å². The predicted octanol–water partition coefficient (Wildman–Crippen LogP) is 2.25. The number of carbonyl (C=O) groups excluding carboxylic acids is 2. The highest BCUT2D eigenvalue weighted by atomic mass is 32.1. The Balaban J connectivity index is 1.52. The molecule has 7 heteroatoms. The van der Waals surface area contributed by atoms with Crippen molar-refractivity contribution in [2.45, 2.75) is 25.4 Å². The number of rotatable bonds is 1. The first-order valence-electron chi connectivity index (χ1n) is 8.32. The Morgan fingerprint density at radius 2 is 2.16 bits per heavy atom. The van der Waals surface area contributed by atoms with Gasteiger partial charge in [0.05, 0.1) is 17.6 Å². The molecule has 0 aliphatic carbocycles. The maximum atomic E-state index is 12.4. The van der Waals surface area contributed by atoms with Gasteiger partial charge in [0.2, 0.25) is 0 Å². The molecule has 130 valence electrons. The molecule has 0 saturated carbocycles. The smallest absolute Gasteiger partial charge is 0.273 e. The highest BCUT2D eigenvalue weighted by molar-refractivity contribution is 7.07. The molecule has 1 aromatic heterocycles. The highest BCUT2D eigenvalue weighted by Gasteiger charge is 2.41. The summed E-state index contributed by atoms with van der Waals surface area (Å²) in [6.07, 6.45) is 1.35. The number of aromatic nitrogens is 1. The van der Waals surface area contributed by atoms with Gasteiger partial charge in [0.1, 0.15) is 17.0 Å². The SMILES string of the molecule is Cc1ccc2c(c1)C(=O)NCC1(CCN(C(=O)c3cscn3)CC1)O2. The van der Waals surface area contributed by atoms with Crippen molar-refractivity contribution in [1.82, 2.24) is 15.2 Å². The number of ether oxygens (including phenoxy) is 1. The fourth-order valence-corrected chi connectivity index (χ4v) is 3.92. The van der Waals surface area contributed by atoms with E-state index in [-0.39, 0.29) is 11.8 Å².